The van der Waals surface area contributed by atoms with Gasteiger partial charge in [0.15, 0.2) is 0 Å². The minimum absolute atomic E-state index is 0.172. The first-order valence-electron chi connectivity index (χ1n) is 6.02. The Labute approximate surface area is 136 Å². The number of benzene rings is 1. The number of amides is 2. The number of anilines is 2. The van der Waals surface area contributed by atoms with Crippen LogP contribution in [0.25, 0.3) is 0 Å². The van der Waals surface area contributed by atoms with Crippen molar-refractivity contribution in [2.45, 2.75) is 13.8 Å². The van der Waals surface area contributed by atoms with Crippen LogP contribution in [-0.4, -0.2) is 11.8 Å². The Bertz CT molecular complexity index is 713. The molecule has 7 heteroatoms. The molecule has 2 rings (SSSR count). The largest absolute Gasteiger partial charge is 0.326 e. The van der Waals surface area contributed by atoms with Gasteiger partial charge in [-0.2, -0.15) is 0 Å². The quantitative estimate of drug-likeness (QED) is 0.857. The van der Waals surface area contributed by atoms with Crippen molar-refractivity contribution in [3.63, 3.8) is 0 Å². The van der Waals surface area contributed by atoms with E-state index in [9.17, 15) is 9.59 Å². The zero-order valence-electron chi connectivity index (χ0n) is 11.3. The summed E-state index contributed by atoms with van der Waals surface area (Å²) in [7, 11) is 0. The zero-order chi connectivity index (χ0) is 15.6. The molecular weight excluding hydrogens is 331 g/mol. The van der Waals surface area contributed by atoms with Crippen LogP contribution in [0.1, 0.15) is 22.8 Å². The van der Waals surface area contributed by atoms with Crippen molar-refractivity contribution >= 4 is 57.7 Å². The average Bonchev–Trinajstić information content (AvgIpc) is 2.73. The highest BCUT2D eigenvalue weighted by molar-refractivity contribution is 7.20. The van der Waals surface area contributed by atoms with Crippen molar-refractivity contribution in [1.82, 2.24) is 0 Å². The Hall–Kier alpha value is -1.56. The molecule has 1 heterocycles. The predicted octanol–water partition coefficient (Wildman–Crippen LogP) is 4.57. The van der Waals surface area contributed by atoms with E-state index in [0.717, 1.165) is 16.9 Å². The van der Waals surface area contributed by atoms with Crippen molar-refractivity contribution in [3.8, 4) is 0 Å². The second-order valence-electron chi connectivity index (χ2n) is 4.35. The molecule has 0 saturated carbocycles. The molecule has 0 unspecified atom stereocenters. The molecule has 0 atom stereocenters. The Morgan fingerprint density at radius 3 is 2.29 bits per heavy atom. The first-order valence-corrected chi connectivity index (χ1v) is 7.59. The smallest absolute Gasteiger partial charge is 0.258 e. The molecule has 1 aromatic carbocycles. The molecule has 2 aromatic rings. The van der Waals surface area contributed by atoms with Gasteiger partial charge in [0.1, 0.15) is 4.34 Å². The summed E-state index contributed by atoms with van der Waals surface area (Å²) in [5.41, 5.74) is 2.34. The van der Waals surface area contributed by atoms with Gasteiger partial charge in [0, 0.05) is 18.3 Å². The van der Waals surface area contributed by atoms with Crippen molar-refractivity contribution in [3.05, 3.63) is 44.1 Å². The minimum atomic E-state index is -0.341. The molecule has 2 N–H and O–H groups in total. The van der Waals surface area contributed by atoms with Gasteiger partial charge in [-0.15, -0.1) is 11.3 Å². The Morgan fingerprint density at radius 2 is 1.76 bits per heavy atom. The van der Waals surface area contributed by atoms with E-state index in [1.54, 1.807) is 18.2 Å². The van der Waals surface area contributed by atoms with Crippen molar-refractivity contribution < 1.29 is 9.59 Å². The lowest BCUT2D eigenvalue weighted by atomic mass is 10.1. The van der Waals surface area contributed by atoms with E-state index >= 15 is 0 Å². The van der Waals surface area contributed by atoms with Crippen LogP contribution in [0.15, 0.2) is 24.3 Å². The molecule has 1 aromatic heterocycles. The number of carbonyl (C=O) groups excluding carboxylic acids is 2. The topological polar surface area (TPSA) is 58.2 Å². The normalized spacial score (nSPS) is 10.3. The zero-order valence-corrected chi connectivity index (χ0v) is 13.6. The summed E-state index contributed by atoms with van der Waals surface area (Å²) in [5.74, 6) is -0.513. The Morgan fingerprint density at radius 1 is 1.14 bits per heavy atom. The van der Waals surface area contributed by atoms with E-state index in [0.29, 0.717) is 25.6 Å². The number of halogens is 2. The van der Waals surface area contributed by atoms with Crippen molar-refractivity contribution in [2.75, 3.05) is 10.6 Å². The van der Waals surface area contributed by atoms with Gasteiger partial charge in [-0.1, -0.05) is 29.3 Å². The van der Waals surface area contributed by atoms with Crippen LogP contribution in [0.4, 0.5) is 11.4 Å². The van der Waals surface area contributed by atoms with Gasteiger partial charge in [-0.25, -0.2) is 0 Å². The van der Waals surface area contributed by atoms with Crippen molar-refractivity contribution in [2.24, 2.45) is 0 Å². The van der Waals surface area contributed by atoms with Crippen molar-refractivity contribution in [1.29, 1.82) is 0 Å². The highest BCUT2D eigenvalue weighted by atomic mass is 35.5. The molecule has 0 saturated heterocycles. The summed E-state index contributed by atoms with van der Waals surface area (Å²) in [6, 6.07) is 6.79. The lowest BCUT2D eigenvalue weighted by Crippen LogP contribution is -2.14. The second-order valence-corrected chi connectivity index (χ2v) is 6.64. The van der Waals surface area contributed by atoms with Crippen LogP contribution < -0.4 is 10.6 Å². The maximum atomic E-state index is 12.2. The molecule has 0 radical (unpaired) electrons. The predicted molar refractivity (Wildman–Crippen MR) is 87.8 cm³/mol. The maximum absolute atomic E-state index is 12.2. The number of hydrogen-bond acceptors (Lipinski definition) is 3. The van der Waals surface area contributed by atoms with E-state index < -0.39 is 0 Å². The van der Waals surface area contributed by atoms with Gasteiger partial charge in [0.2, 0.25) is 5.91 Å². The molecular formula is C14H12Cl2N2O2S. The molecule has 0 spiro atoms. The molecule has 0 aliphatic heterocycles. The summed E-state index contributed by atoms with van der Waals surface area (Å²) in [6.07, 6.45) is 0. The van der Waals surface area contributed by atoms with E-state index in [1.807, 2.05) is 6.92 Å². The van der Waals surface area contributed by atoms with Gasteiger partial charge < -0.3 is 10.6 Å². The van der Waals surface area contributed by atoms with Gasteiger partial charge in [-0.3, -0.25) is 9.59 Å². The van der Waals surface area contributed by atoms with Crippen LogP contribution in [0.3, 0.4) is 0 Å². The minimum Gasteiger partial charge on any atom is -0.326 e. The van der Waals surface area contributed by atoms with Crippen LogP contribution in [0.5, 0.6) is 0 Å². The van der Waals surface area contributed by atoms with Crippen LogP contribution >= 0.6 is 34.5 Å². The third-order valence-corrected chi connectivity index (χ3v) is 4.28. The standard InChI is InChI=1S/C14H12Cl2N2O2S/c1-7-10(17-8(2)19)4-3-5-11(7)18-14(20)9-6-12(15)21-13(9)16/h3-6H,1-2H3,(H,17,19)(H,18,20). The fourth-order valence-corrected chi connectivity index (χ4v) is 3.24. The fraction of sp³-hybridized carbons (Fsp3) is 0.143. The molecule has 4 nitrogen and oxygen atoms in total. The maximum Gasteiger partial charge on any atom is 0.258 e. The van der Waals surface area contributed by atoms with Gasteiger partial charge in [-0.05, 0) is 30.7 Å². The van der Waals surface area contributed by atoms with Crippen LogP contribution in [0.2, 0.25) is 8.67 Å². The number of carbonyl (C=O) groups is 2. The molecule has 21 heavy (non-hydrogen) atoms. The lowest BCUT2D eigenvalue weighted by molar-refractivity contribution is -0.114. The Kier molecular flexibility index (Phi) is 4.88. The summed E-state index contributed by atoms with van der Waals surface area (Å²) in [4.78, 5) is 23.3. The van der Waals surface area contributed by atoms with E-state index in [1.165, 1.54) is 13.0 Å². The lowest BCUT2D eigenvalue weighted by Gasteiger charge is -2.12. The van der Waals surface area contributed by atoms with E-state index in [4.69, 9.17) is 23.2 Å². The fourth-order valence-electron chi connectivity index (χ4n) is 1.78. The Balaban J connectivity index is 2.25. The molecule has 110 valence electrons. The first kappa shape index (κ1) is 15.8. The van der Waals surface area contributed by atoms with Gasteiger partial charge in [0.05, 0.1) is 9.90 Å². The first-order chi connectivity index (χ1) is 9.88. The van der Waals surface area contributed by atoms with Gasteiger partial charge in [0.25, 0.3) is 5.91 Å². The molecule has 0 bridgehead atoms. The summed E-state index contributed by atoms with van der Waals surface area (Å²) in [6.45, 7) is 3.24. The number of rotatable bonds is 3. The third kappa shape index (κ3) is 3.75. The third-order valence-electron chi connectivity index (χ3n) is 2.79. The second kappa shape index (κ2) is 6.47. The summed E-state index contributed by atoms with van der Waals surface area (Å²) >= 11 is 12.9. The highest BCUT2D eigenvalue weighted by Gasteiger charge is 2.15. The summed E-state index contributed by atoms with van der Waals surface area (Å²) < 4.78 is 0.794. The average molecular weight is 343 g/mol. The van der Waals surface area contributed by atoms with E-state index in [-0.39, 0.29) is 11.8 Å². The molecule has 2 amide bonds. The van der Waals surface area contributed by atoms with E-state index in [2.05, 4.69) is 10.6 Å². The molecule has 0 fully saturated rings. The SMILES string of the molecule is CC(=O)Nc1cccc(NC(=O)c2cc(Cl)sc2Cl)c1C. The number of thiophene rings is 1. The molecule has 0 aliphatic rings. The monoisotopic (exact) mass is 342 g/mol. The van der Waals surface area contributed by atoms with Crippen LogP contribution in [0, 0.1) is 6.92 Å². The summed E-state index contributed by atoms with van der Waals surface area (Å²) in [5, 5.41) is 5.47. The number of hydrogen-bond donors (Lipinski definition) is 2. The highest BCUT2D eigenvalue weighted by Crippen LogP contribution is 2.32. The van der Waals surface area contributed by atoms with Crippen LogP contribution in [-0.2, 0) is 4.79 Å². The number of nitrogens with one attached hydrogen (secondary N) is 2. The molecule has 0 aliphatic carbocycles. The van der Waals surface area contributed by atoms with Gasteiger partial charge >= 0.3 is 0 Å².